The minimum Gasteiger partial charge on any atom is -0.497 e. The molecule has 7 nitrogen and oxygen atoms in total. The molecule has 1 saturated heterocycles. The molecule has 0 N–H and O–H groups in total. The summed E-state index contributed by atoms with van der Waals surface area (Å²) in [5.74, 6) is 2.12. The Bertz CT molecular complexity index is 851. The fourth-order valence-corrected chi connectivity index (χ4v) is 3.54. The number of hydrogen-bond acceptors (Lipinski definition) is 6. The Kier molecular flexibility index (Phi) is 6.17. The van der Waals surface area contributed by atoms with Crippen molar-refractivity contribution in [2.24, 2.45) is 0 Å². The lowest BCUT2D eigenvalue weighted by atomic mass is 10.1. The second-order valence-electron chi connectivity index (χ2n) is 7.10. The average molecular weight is 398 g/mol. The molecule has 2 aliphatic rings. The number of carbonyl (C=O) groups is 1. The van der Waals surface area contributed by atoms with E-state index in [-0.39, 0.29) is 12.7 Å². The highest BCUT2D eigenvalue weighted by molar-refractivity contribution is 5.94. The van der Waals surface area contributed by atoms with E-state index in [9.17, 15) is 4.79 Å². The number of nitrogens with zero attached hydrogens (tertiary/aromatic N) is 2. The molecule has 0 unspecified atom stereocenters. The Labute approximate surface area is 170 Å². The summed E-state index contributed by atoms with van der Waals surface area (Å²) < 4.78 is 21.6. The van der Waals surface area contributed by atoms with Gasteiger partial charge in [0.25, 0.3) is 5.91 Å². The van der Waals surface area contributed by atoms with Crippen LogP contribution in [0.25, 0.3) is 0 Å². The quantitative estimate of drug-likeness (QED) is 0.714. The summed E-state index contributed by atoms with van der Waals surface area (Å²) >= 11 is 0. The summed E-state index contributed by atoms with van der Waals surface area (Å²) in [7, 11) is 1.60. The van der Waals surface area contributed by atoms with Crippen LogP contribution in [0, 0.1) is 0 Å². The van der Waals surface area contributed by atoms with E-state index in [0.29, 0.717) is 24.4 Å². The van der Waals surface area contributed by atoms with Gasteiger partial charge in [-0.3, -0.25) is 9.69 Å². The van der Waals surface area contributed by atoms with Gasteiger partial charge >= 0.3 is 0 Å². The minimum absolute atomic E-state index is 0.0187. The van der Waals surface area contributed by atoms with Crippen LogP contribution in [0.3, 0.4) is 0 Å². The standard InChI is InChI=1S/C22H26N2O5/c1-26-19-4-2-3-18(14-19)22(25)24(8-7-23-9-11-27-12-10-23)15-17-5-6-20-21(13-17)29-16-28-20/h2-6,13-14H,7-12,15-16H2,1H3. The zero-order chi connectivity index (χ0) is 20.1. The Morgan fingerprint density at radius 3 is 2.76 bits per heavy atom. The SMILES string of the molecule is COc1cccc(C(=O)N(CCN2CCOCC2)Cc2ccc3c(c2)OCO3)c1. The highest BCUT2D eigenvalue weighted by atomic mass is 16.7. The number of carbonyl (C=O) groups excluding carboxylic acids is 1. The second-order valence-corrected chi connectivity index (χ2v) is 7.10. The van der Waals surface area contributed by atoms with Crippen LogP contribution in [0.15, 0.2) is 42.5 Å². The lowest BCUT2D eigenvalue weighted by Gasteiger charge is -2.30. The van der Waals surface area contributed by atoms with Crippen LogP contribution >= 0.6 is 0 Å². The molecule has 0 saturated carbocycles. The van der Waals surface area contributed by atoms with Gasteiger partial charge in [0.2, 0.25) is 6.79 Å². The van der Waals surface area contributed by atoms with Crippen molar-refractivity contribution in [1.29, 1.82) is 0 Å². The molecule has 4 rings (SSSR count). The summed E-state index contributed by atoms with van der Waals surface area (Å²) in [6.45, 7) is 5.45. The molecule has 0 radical (unpaired) electrons. The third kappa shape index (κ3) is 4.81. The van der Waals surface area contributed by atoms with Crippen LogP contribution in [0.4, 0.5) is 0 Å². The molecule has 154 valence electrons. The van der Waals surface area contributed by atoms with Gasteiger partial charge in [0.1, 0.15) is 5.75 Å². The Hall–Kier alpha value is -2.77. The first-order valence-corrected chi connectivity index (χ1v) is 9.85. The van der Waals surface area contributed by atoms with E-state index in [1.165, 1.54) is 0 Å². The van der Waals surface area contributed by atoms with Gasteiger partial charge < -0.3 is 23.8 Å². The molecule has 29 heavy (non-hydrogen) atoms. The Morgan fingerprint density at radius 2 is 1.93 bits per heavy atom. The van der Waals surface area contributed by atoms with Crippen molar-refractivity contribution < 1.29 is 23.7 Å². The number of fused-ring (bicyclic) bond motifs is 1. The van der Waals surface area contributed by atoms with Gasteiger partial charge in [-0.15, -0.1) is 0 Å². The van der Waals surface area contributed by atoms with Gasteiger partial charge in [0.15, 0.2) is 11.5 Å². The summed E-state index contributed by atoms with van der Waals surface area (Å²) in [5, 5.41) is 0. The average Bonchev–Trinajstić information content (AvgIpc) is 3.25. The van der Waals surface area contributed by atoms with Crippen molar-refractivity contribution in [1.82, 2.24) is 9.80 Å². The summed E-state index contributed by atoms with van der Waals surface area (Å²) in [4.78, 5) is 17.5. The van der Waals surface area contributed by atoms with Crippen molar-refractivity contribution in [2.75, 3.05) is 53.3 Å². The highest BCUT2D eigenvalue weighted by Gasteiger charge is 2.21. The van der Waals surface area contributed by atoms with Gasteiger partial charge in [0, 0.05) is 38.3 Å². The fourth-order valence-electron chi connectivity index (χ4n) is 3.54. The smallest absolute Gasteiger partial charge is 0.254 e. The molecule has 1 amide bonds. The number of methoxy groups -OCH3 is 1. The van der Waals surface area contributed by atoms with Crippen molar-refractivity contribution in [3.8, 4) is 17.2 Å². The predicted octanol–water partition coefficient (Wildman–Crippen LogP) is 2.40. The van der Waals surface area contributed by atoms with E-state index >= 15 is 0 Å². The first-order valence-electron chi connectivity index (χ1n) is 9.85. The molecule has 0 aromatic heterocycles. The minimum atomic E-state index is -0.0187. The maximum atomic E-state index is 13.3. The number of hydrogen-bond donors (Lipinski definition) is 0. The lowest BCUT2D eigenvalue weighted by molar-refractivity contribution is 0.0320. The Balaban J connectivity index is 1.51. The van der Waals surface area contributed by atoms with Crippen LogP contribution < -0.4 is 14.2 Å². The van der Waals surface area contributed by atoms with Crippen LogP contribution in [-0.4, -0.2) is 69.0 Å². The van der Waals surface area contributed by atoms with Gasteiger partial charge in [-0.25, -0.2) is 0 Å². The monoisotopic (exact) mass is 398 g/mol. The number of ether oxygens (including phenoxy) is 4. The second kappa shape index (κ2) is 9.15. The van der Waals surface area contributed by atoms with Crippen LogP contribution in [0.5, 0.6) is 17.2 Å². The molecule has 0 bridgehead atoms. The van der Waals surface area contributed by atoms with E-state index in [4.69, 9.17) is 18.9 Å². The van der Waals surface area contributed by atoms with E-state index in [1.807, 2.05) is 41.3 Å². The molecular formula is C22H26N2O5. The number of amides is 1. The number of rotatable bonds is 7. The fraction of sp³-hybridized carbons (Fsp3) is 0.409. The maximum Gasteiger partial charge on any atom is 0.254 e. The van der Waals surface area contributed by atoms with E-state index < -0.39 is 0 Å². The molecule has 2 heterocycles. The third-order valence-electron chi connectivity index (χ3n) is 5.20. The van der Waals surface area contributed by atoms with E-state index in [2.05, 4.69) is 4.90 Å². The normalized spacial score (nSPS) is 15.9. The third-order valence-corrected chi connectivity index (χ3v) is 5.20. The largest absolute Gasteiger partial charge is 0.497 e. The van der Waals surface area contributed by atoms with Crippen molar-refractivity contribution >= 4 is 5.91 Å². The summed E-state index contributed by atoms with van der Waals surface area (Å²) in [6, 6.07) is 13.1. The lowest BCUT2D eigenvalue weighted by Crippen LogP contribution is -2.42. The molecule has 1 fully saturated rings. The first kappa shape index (κ1) is 19.5. The van der Waals surface area contributed by atoms with Crippen molar-refractivity contribution in [2.45, 2.75) is 6.54 Å². The van der Waals surface area contributed by atoms with Crippen LogP contribution in [-0.2, 0) is 11.3 Å². The van der Waals surface area contributed by atoms with E-state index in [1.54, 1.807) is 13.2 Å². The molecule has 2 aliphatic heterocycles. The van der Waals surface area contributed by atoms with Gasteiger partial charge in [-0.2, -0.15) is 0 Å². The molecule has 2 aromatic rings. The molecule has 7 heteroatoms. The maximum absolute atomic E-state index is 13.3. The predicted molar refractivity (Wildman–Crippen MR) is 108 cm³/mol. The van der Waals surface area contributed by atoms with E-state index in [0.717, 1.165) is 49.9 Å². The highest BCUT2D eigenvalue weighted by Crippen LogP contribution is 2.33. The van der Waals surface area contributed by atoms with Crippen LogP contribution in [0.1, 0.15) is 15.9 Å². The van der Waals surface area contributed by atoms with Crippen LogP contribution in [0.2, 0.25) is 0 Å². The Morgan fingerprint density at radius 1 is 1.10 bits per heavy atom. The topological polar surface area (TPSA) is 60.5 Å². The molecule has 0 atom stereocenters. The molecule has 2 aromatic carbocycles. The summed E-state index contributed by atoms with van der Waals surface area (Å²) in [5.41, 5.74) is 1.62. The summed E-state index contributed by atoms with van der Waals surface area (Å²) in [6.07, 6.45) is 0. The zero-order valence-electron chi connectivity index (χ0n) is 16.6. The number of benzene rings is 2. The zero-order valence-corrected chi connectivity index (χ0v) is 16.6. The van der Waals surface area contributed by atoms with Gasteiger partial charge in [0.05, 0.1) is 20.3 Å². The van der Waals surface area contributed by atoms with Crippen molar-refractivity contribution in [3.63, 3.8) is 0 Å². The van der Waals surface area contributed by atoms with Gasteiger partial charge in [-0.05, 0) is 35.9 Å². The molecule has 0 aliphatic carbocycles. The number of morpholine rings is 1. The molecule has 0 spiro atoms. The first-order chi connectivity index (χ1) is 14.2. The van der Waals surface area contributed by atoms with Crippen molar-refractivity contribution in [3.05, 3.63) is 53.6 Å². The molecular weight excluding hydrogens is 372 g/mol. The van der Waals surface area contributed by atoms with Gasteiger partial charge in [-0.1, -0.05) is 12.1 Å².